The molecule has 1 fully saturated rings. The summed E-state index contributed by atoms with van der Waals surface area (Å²) in [6.45, 7) is 4.96. The molecule has 104 valence electrons. The Kier molecular flexibility index (Phi) is 4.95. The minimum Gasteiger partial charge on any atom is -0.481 e. The second kappa shape index (κ2) is 6.04. The molecule has 1 aliphatic heterocycles. The first kappa shape index (κ1) is 14.8. The zero-order valence-electron chi connectivity index (χ0n) is 11.2. The molecule has 0 aliphatic carbocycles. The lowest BCUT2D eigenvalue weighted by Crippen LogP contribution is -2.41. The minimum atomic E-state index is -0.850. The molecule has 1 heterocycles. The Morgan fingerprint density at radius 1 is 1.50 bits per heavy atom. The lowest BCUT2D eigenvalue weighted by Gasteiger charge is -2.21. The number of hydrogen-bond donors (Lipinski definition) is 2. The Labute approximate surface area is 107 Å². The van der Waals surface area contributed by atoms with Crippen molar-refractivity contribution < 1.29 is 19.4 Å². The summed E-state index contributed by atoms with van der Waals surface area (Å²) >= 11 is 0. The highest BCUT2D eigenvalue weighted by Crippen LogP contribution is 2.19. The number of aliphatic carboxylic acids is 1. The predicted octanol–water partition coefficient (Wildman–Crippen LogP) is 0.918. The van der Waals surface area contributed by atoms with E-state index in [1.807, 2.05) is 0 Å². The van der Waals surface area contributed by atoms with Crippen LogP contribution in [0, 0.1) is 5.41 Å². The molecule has 0 aromatic carbocycles. The van der Waals surface area contributed by atoms with Crippen LogP contribution in [0.25, 0.3) is 0 Å². The van der Waals surface area contributed by atoms with Crippen LogP contribution in [0.4, 0.5) is 4.79 Å². The second-order valence-electron chi connectivity index (χ2n) is 5.26. The van der Waals surface area contributed by atoms with Crippen LogP contribution in [0.1, 0.15) is 26.7 Å². The Hall–Kier alpha value is -1.30. The van der Waals surface area contributed by atoms with Gasteiger partial charge in [0.2, 0.25) is 0 Å². The maximum absolute atomic E-state index is 11.8. The molecule has 1 unspecified atom stereocenters. The summed E-state index contributed by atoms with van der Waals surface area (Å²) < 4.78 is 5.18. The number of carboxylic acid groups (broad SMARTS) is 1. The van der Waals surface area contributed by atoms with Crippen molar-refractivity contribution in [1.82, 2.24) is 10.2 Å². The van der Waals surface area contributed by atoms with Gasteiger partial charge in [0.25, 0.3) is 0 Å². The van der Waals surface area contributed by atoms with Gasteiger partial charge in [-0.1, -0.05) is 0 Å². The molecule has 0 saturated carbocycles. The van der Waals surface area contributed by atoms with E-state index in [1.54, 1.807) is 25.9 Å². The zero-order valence-corrected chi connectivity index (χ0v) is 11.2. The first-order valence-electron chi connectivity index (χ1n) is 6.16. The molecule has 0 aromatic rings. The summed E-state index contributed by atoms with van der Waals surface area (Å²) in [5.74, 6) is -0.850. The highest BCUT2D eigenvalue weighted by atomic mass is 16.5. The molecule has 1 atom stereocenters. The normalized spacial score (nSPS) is 19.9. The van der Waals surface area contributed by atoms with Crippen LogP contribution in [0.15, 0.2) is 0 Å². The van der Waals surface area contributed by atoms with Gasteiger partial charge in [0.05, 0.1) is 11.5 Å². The van der Waals surface area contributed by atoms with E-state index in [-0.39, 0.29) is 12.1 Å². The molecular weight excluding hydrogens is 236 g/mol. The third kappa shape index (κ3) is 3.87. The van der Waals surface area contributed by atoms with Crippen molar-refractivity contribution in [2.75, 3.05) is 26.7 Å². The molecule has 2 amide bonds. The van der Waals surface area contributed by atoms with Crippen molar-refractivity contribution in [2.24, 2.45) is 5.41 Å². The molecule has 1 rings (SSSR count). The number of methoxy groups -OCH3 is 1. The average molecular weight is 258 g/mol. The number of carboxylic acids is 1. The van der Waals surface area contributed by atoms with E-state index in [0.29, 0.717) is 26.1 Å². The molecule has 0 spiro atoms. The van der Waals surface area contributed by atoms with Crippen molar-refractivity contribution in [1.29, 1.82) is 0 Å². The van der Waals surface area contributed by atoms with E-state index in [0.717, 1.165) is 6.42 Å². The molecular formula is C12H22N2O4. The van der Waals surface area contributed by atoms with Gasteiger partial charge in [-0.3, -0.25) is 4.79 Å². The molecule has 6 nitrogen and oxygen atoms in total. The first-order valence-corrected chi connectivity index (χ1v) is 6.16. The highest BCUT2D eigenvalue weighted by molar-refractivity contribution is 5.75. The van der Waals surface area contributed by atoms with Crippen LogP contribution in [0.5, 0.6) is 0 Å². The van der Waals surface area contributed by atoms with Crippen LogP contribution in [0.3, 0.4) is 0 Å². The number of carbonyl (C=O) groups is 2. The van der Waals surface area contributed by atoms with Gasteiger partial charge in [-0.15, -0.1) is 0 Å². The number of ether oxygens (including phenoxy) is 1. The van der Waals surface area contributed by atoms with Crippen LogP contribution in [0.2, 0.25) is 0 Å². The van der Waals surface area contributed by atoms with Crippen LogP contribution in [-0.2, 0) is 9.53 Å². The molecule has 6 heteroatoms. The minimum absolute atomic E-state index is 0.117. The first-order chi connectivity index (χ1) is 8.36. The maximum Gasteiger partial charge on any atom is 0.317 e. The van der Waals surface area contributed by atoms with Crippen molar-refractivity contribution in [2.45, 2.75) is 32.8 Å². The van der Waals surface area contributed by atoms with Gasteiger partial charge < -0.3 is 20.1 Å². The molecule has 0 bridgehead atoms. The Balaban J connectivity index is 2.28. The number of nitrogens with one attached hydrogen (secondary N) is 1. The van der Waals surface area contributed by atoms with Gasteiger partial charge in [-0.2, -0.15) is 0 Å². The summed E-state index contributed by atoms with van der Waals surface area (Å²) in [6.07, 6.45) is 1.38. The van der Waals surface area contributed by atoms with Crippen LogP contribution >= 0.6 is 0 Å². The number of likely N-dealkylation sites (tertiary alicyclic amines) is 1. The zero-order chi connectivity index (χ0) is 13.8. The number of rotatable bonds is 5. The molecule has 2 N–H and O–H groups in total. The van der Waals surface area contributed by atoms with Crippen molar-refractivity contribution >= 4 is 12.0 Å². The van der Waals surface area contributed by atoms with E-state index in [1.165, 1.54) is 0 Å². The van der Waals surface area contributed by atoms with Crippen LogP contribution < -0.4 is 5.32 Å². The summed E-state index contributed by atoms with van der Waals surface area (Å²) in [5, 5.41) is 11.7. The largest absolute Gasteiger partial charge is 0.481 e. The standard InChI is InChI=1S/C12H22N2O4/c1-12(2,10(15)16)5-6-13-11(17)14-7-4-9(8-14)18-3/h9H,4-8H2,1-3H3,(H,13,17)(H,15,16). The fourth-order valence-electron chi connectivity index (χ4n) is 1.81. The second-order valence-corrected chi connectivity index (χ2v) is 5.26. The Bertz CT molecular complexity index is 317. The monoisotopic (exact) mass is 258 g/mol. The lowest BCUT2D eigenvalue weighted by atomic mass is 9.90. The summed E-state index contributed by atoms with van der Waals surface area (Å²) in [5.41, 5.74) is -0.812. The summed E-state index contributed by atoms with van der Waals surface area (Å²) in [4.78, 5) is 24.4. The summed E-state index contributed by atoms with van der Waals surface area (Å²) in [6, 6.07) is -0.143. The van der Waals surface area contributed by atoms with E-state index in [4.69, 9.17) is 9.84 Å². The Morgan fingerprint density at radius 3 is 2.67 bits per heavy atom. The molecule has 0 radical (unpaired) electrons. The molecule has 1 saturated heterocycles. The van der Waals surface area contributed by atoms with Crippen molar-refractivity contribution in [3.05, 3.63) is 0 Å². The van der Waals surface area contributed by atoms with Crippen molar-refractivity contribution in [3.8, 4) is 0 Å². The quantitative estimate of drug-likeness (QED) is 0.768. The molecule has 18 heavy (non-hydrogen) atoms. The van der Waals surface area contributed by atoms with Gasteiger partial charge in [-0.25, -0.2) is 4.79 Å². The molecule has 0 aromatic heterocycles. The van der Waals surface area contributed by atoms with Gasteiger partial charge in [0, 0.05) is 26.7 Å². The number of hydrogen-bond acceptors (Lipinski definition) is 3. The predicted molar refractivity (Wildman–Crippen MR) is 66.4 cm³/mol. The van der Waals surface area contributed by atoms with E-state index in [2.05, 4.69) is 5.32 Å². The van der Waals surface area contributed by atoms with Gasteiger partial charge in [0.1, 0.15) is 0 Å². The third-order valence-electron chi connectivity index (χ3n) is 3.37. The number of amides is 2. The molecule has 1 aliphatic rings. The van der Waals surface area contributed by atoms with Crippen LogP contribution in [-0.4, -0.2) is 54.9 Å². The smallest absolute Gasteiger partial charge is 0.317 e. The van der Waals surface area contributed by atoms with Gasteiger partial charge in [0.15, 0.2) is 0 Å². The third-order valence-corrected chi connectivity index (χ3v) is 3.37. The fraction of sp³-hybridized carbons (Fsp3) is 0.833. The fourth-order valence-corrected chi connectivity index (χ4v) is 1.81. The highest BCUT2D eigenvalue weighted by Gasteiger charge is 2.28. The average Bonchev–Trinajstić information content (AvgIpc) is 2.76. The number of nitrogens with zero attached hydrogens (tertiary/aromatic N) is 1. The van der Waals surface area contributed by atoms with Gasteiger partial charge >= 0.3 is 12.0 Å². The maximum atomic E-state index is 11.8. The number of carbonyl (C=O) groups excluding carboxylic acids is 1. The summed E-state index contributed by atoms with van der Waals surface area (Å²) in [7, 11) is 1.64. The lowest BCUT2D eigenvalue weighted by molar-refractivity contribution is -0.147. The van der Waals surface area contributed by atoms with E-state index in [9.17, 15) is 9.59 Å². The topological polar surface area (TPSA) is 78.9 Å². The number of urea groups is 1. The Morgan fingerprint density at radius 2 is 2.17 bits per heavy atom. The van der Waals surface area contributed by atoms with E-state index < -0.39 is 11.4 Å². The SMILES string of the molecule is COC1CCN(C(=O)NCCC(C)(C)C(=O)O)C1. The van der Waals surface area contributed by atoms with E-state index >= 15 is 0 Å². The van der Waals surface area contributed by atoms with Gasteiger partial charge in [-0.05, 0) is 26.7 Å². The van der Waals surface area contributed by atoms with Crippen molar-refractivity contribution in [3.63, 3.8) is 0 Å².